The summed E-state index contributed by atoms with van der Waals surface area (Å²) in [5.74, 6) is -0.839. The van der Waals surface area contributed by atoms with E-state index in [1.54, 1.807) is 29.2 Å². The lowest BCUT2D eigenvalue weighted by molar-refractivity contribution is -0.141. The summed E-state index contributed by atoms with van der Waals surface area (Å²) in [6.07, 6.45) is 7.11. The molecule has 7 nitrogen and oxygen atoms in total. The van der Waals surface area contributed by atoms with Crippen LogP contribution in [0.15, 0.2) is 54.6 Å². The molecule has 196 valence electrons. The fraction of sp³-hybridized carbons (Fsp3) is 0.467. The van der Waals surface area contributed by atoms with Crippen molar-refractivity contribution in [2.24, 2.45) is 0 Å². The molecule has 0 bridgehead atoms. The molecule has 2 aliphatic rings. The second-order valence-electron chi connectivity index (χ2n) is 10.0. The van der Waals surface area contributed by atoms with Crippen LogP contribution in [0.5, 0.6) is 0 Å². The zero-order valence-electron chi connectivity index (χ0n) is 21.7. The van der Waals surface area contributed by atoms with Crippen LogP contribution < -0.4 is 5.32 Å². The van der Waals surface area contributed by atoms with Gasteiger partial charge in [-0.3, -0.25) is 24.1 Å². The Hall–Kier alpha value is -3.48. The van der Waals surface area contributed by atoms with Gasteiger partial charge in [0.25, 0.3) is 11.8 Å². The third kappa shape index (κ3) is 6.45. The maximum absolute atomic E-state index is 13.5. The number of hydrogen-bond donors (Lipinski definition) is 1. The molecule has 2 aromatic rings. The van der Waals surface area contributed by atoms with E-state index in [0.29, 0.717) is 36.9 Å². The summed E-state index contributed by atoms with van der Waals surface area (Å²) >= 11 is 0. The molecule has 1 aliphatic heterocycles. The average molecular weight is 504 g/mol. The zero-order chi connectivity index (χ0) is 26.2. The maximum Gasteiger partial charge on any atom is 0.261 e. The molecule has 0 spiro atoms. The van der Waals surface area contributed by atoms with Gasteiger partial charge in [-0.2, -0.15) is 0 Å². The van der Waals surface area contributed by atoms with Gasteiger partial charge in [0.2, 0.25) is 11.8 Å². The van der Waals surface area contributed by atoms with E-state index in [2.05, 4.69) is 5.32 Å². The van der Waals surface area contributed by atoms with E-state index in [1.807, 2.05) is 37.3 Å². The number of hydrogen-bond acceptors (Lipinski definition) is 4. The first-order chi connectivity index (χ1) is 18.0. The Labute approximate surface area is 219 Å². The standard InChI is InChI=1S/C30H37N3O4/c1-2-26(28(35)31-23-14-7-4-8-15-23)32(21-19-22-12-5-3-6-13-22)27(34)18-11-20-33-29(36)24-16-9-10-17-25(24)30(33)37/h3,5-6,9-10,12-13,16-17,23,26H,2,4,7-8,11,14-15,18-21H2,1H3,(H,31,35)/t26-/m0/s1. The lowest BCUT2D eigenvalue weighted by Gasteiger charge is -2.33. The van der Waals surface area contributed by atoms with Crippen molar-refractivity contribution in [1.82, 2.24) is 15.1 Å². The summed E-state index contributed by atoms with van der Waals surface area (Å²) in [7, 11) is 0. The summed E-state index contributed by atoms with van der Waals surface area (Å²) in [6, 6.07) is 16.4. The van der Waals surface area contributed by atoms with Crippen LogP contribution in [-0.2, 0) is 16.0 Å². The zero-order valence-corrected chi connectivity index (χ0v) is 21.7. The molecule has 4 amide bonds. The van der Waals surface area contributed by atoms with Crippen LogP contribution in [0.1, 0.15) is 84.6 Å². The molecular weight excluding hydrogens is 466 g/mol. The molecule has 1 heterocycles. The van der Waals surface area contributed by atoms with Crippen molar-refractivity contribution >= 4 is 23.6 Å². The molecule has 1 N–H and O–H groups in total. The maximum atomic E-state index is 13.5. The number of nitrogens with zero attached hydrogens (tertiary/aromatic N) is 2. The monoisotopic (exact) mass is 503 g/mol. The molecule has 7 heteroatoms. The van der Waals surface area contributed by atoms with Crippen LogP contribution in [0.3, 0.4) is 0 Å². The van der Waals surface area contributed by atoms with Gasteiger partial charge >= 0.3 is 0 Å². The summed E-state index contributed by atoms with van der Waals surface area (Å²) in [5, 5.41) is 3.20. The van der Waals surface area contributed by atoms with E-state index in [0.717, 1.165) is 31.2 Å². The largest absolute Gasteiger partial charge is 0.352 e. The fourth-order valence-corrected chi connectivity index (χ4v) is 5.41. The highest BCUT2D eigenvalue weighted by Crippen LogP contribution is 2.23. The van der Waals surface area contributed by atoms with Crippen LogP contribution in [0, 0.1) is 0 Å². The lowest BCUT2D eigenvalue weighted by atomic mass is 9.95. The Morgan fingerprint density at radius 3 is 2.19 bits per heavy atom. The molecule has 1 aliphatic carbocycles. The number of carbonyl (C=O) groups is 4. The molecule has 1 atom stereocenters. The highest BCUT2D eigenvalue weighted by Gasteiger charge is 2.35. The molecule has 0 radical (unpaired) electrons. The van der Waals surface area contributed by atoms with Gasteiger partial charge in [-0.15, -0.1) is 0 Å². The van der Waals surface area contributed by atoms with Gasteiger partial charge < -0.3 is 10.2 Å². The van der Waals surface area contributed by atoms with Crippen LogP contribution in [0.4, 0.5) is 0 Å². The lowest BCUT2D eigenvalue weighted by Crippen LogP contribution is -2.52. The number of imide groups is 1. The molecule has 1 saturated carbocycles. The Morgan fingerprint density at radius 2 is 1.57 bits per heavy atom. The number of amides is 4. The minimum absolute atomic E-state index is 0.0869. The van der Waals surface area contributed by atoms with Gasteiger partial charge in [-0.25, -0.2) is 0 Å². The summed E-state index contributed by atoms with van der Waals surface area (Å²) in [6.45, 7) is 2.55. The molecule has 0 saturated heterocycles. The SMILES string of the molecule is CC[C@@H](C(=O)NC1CCCCC1)N(CCc1ccccc1)C(=O)CCCN1C(=O)c2ccccc2C1=O. The molecule has 1 fully saturated rings. The van der Waals surface area contributed by atoms with Gasteiger partial charge in [-0.1, -0.05) is 68.7 Å². The van der Waals surface area contributed by atoms with Gasteiger partial charge in [0, 0.05) is 25.6 Å². The van der Waals surface area contributed by atoms with E-state index in [4.69, 9.17) is 0 Å². The summed E-state index contributed by atoms with van der Waals surface area (Å²) in [5.41, 5.74) is 1.93. The van der Waals surface area contributed by atoms with Crippen LogP contribution in [-0.4, -0.2) is 58.6 Å². The second kappa shape index (κ2) is 12.7. The van der Waals surface area contributed by atoms with Crippen LogP contribution in [0.2, 0.25) is 0 Å². The smallest absolute Gasteiger partial charge is 0.261 e. The topological polar surface area (TPSA) is 86.8 Å². The first kappa shape index (κ1) is 26.6. The summed E-state index contributed by atoms with van der Waals surface area (Å²) in [4.78, 5) is 55.0. The van der Waals surface area contributed by atoms with Crippen molar-refractivity contribution in [2.75, 3.05) is 13.1 Å². The van der Waals surface area contributed by atoms with Gasteiger partial charge in [0.05, 0.1) is 11.1 Å². The number of carbonyl (C=O) groups excluding carboxylic acids is 4. The Morgan fingerprint density at radius 1 is 0.946 bits per heavy atom. The van der Waals surface area contributed by atoms with Crippen molar-refractivity contribution in [3.8, 4) is 0 Å². The molecule has 0 aromatic heterocycles. The quantitative estimate of drug-likeness (QED) is 0.462. The Balaban J connectivity index is 1.40. The van der Waals surface area contributed by atoms with Crippen LogP contribution in [0.25, 0.3) is 0 Å². The second-order valence-corrected chi connectivity index (χ2v) is 10.0. The highest BCUT2D eigenvalue weighted by molar-refractivity contribution is 6.21. The fourth-order valence-electron chi connectivity index (χ4n) is 5.41. The summed E-state index contributed by atoms with van der Waals surface area (Å²) < 4.78 is 0. The first-order valence-electron chi connectivity index (χ1n) is 13.6. The highest BCUT2D eigenvalue weighted by atomic mass is 16.2. The van der Waals surface area contributed by atoms with Crippen molar-refractivity contribution in [1.29, 1.82) is 0 Å². The normalized spacial score (nSPS) is 16.4. The third-order valence-electron chi connectivity index (χ3n) is 7.47. The predicted molar refractivity (Wildman–Crippen MR) is 142 cm³/mol. The number of rotatable bonds is 11. The van der Waals surface area contributed by atoms with Gasteiger partial charge in [0.15, 0.2) is 0 Å². The first-order valence-corrected chi connectivity index (χ1v) is 13.6. The van der Waals surface area contributed by atoms with Gasteiger partial charge in [0.1, 0.15) is 6.04 Å². The van der Waals surface area contributed by atoms with E-state index < -0.39 is 6.04 Å². The molecule has 2 aromatic carbocycles. The molecule has 0 unspecified atom stereocenters. The minimum atomic E-state index is -0.544. The predicted octanol–water partition coefficient (Wildman–Crippen LogP) is 4.36. The van der Waals surface area contributed by atoms with Crippen molar-refractivity contribution in [3.63, 3.8) is 0 Å². The van der Waals surface area contributed by atoms with Crippen LogP contribution >= 0.6 is 0 Å². The van der Waals surface area contributed by atoms with Crippen molar-refractivity contribution in [2.45, 2.75) is 76.8 Å². The number of benzene rings is 2. The van der Waals surface area contributed by atoms with E-state index in [-0.39, 0.29) is 42.6 Å². The number of fused-ring (bicyclic) bond motifs is 1. The van der Waals surface area contributed by atoms with E-state index in [1.165, 1.54) is 11.3 Å². The van der Waals surface area contributed by atoms with Crippen molar-refractivity contribution < 1.29 is 19.2 Å². The third-order valence-corrected chi connectivity index (χ3v) is 7.47. The number of nitrogens with one attached hydrogen (secondary N) is 1. The molecule has 4 rings (SSSR count). The molecule has 37 heavy (non-hydrogen) atoms. The van der Waals surface area contributed by atoms with Gasteiger partial charge in [-0.05, 0) is 49.8 Å². The van der Waals surface area contributed by atoms with Crippen molar-refractivity contribution in [3.05, 3.63) is 71.3 Å². The van der Waals surface area contributed by atoms with E-state index >= 15 is 0 Å². The average Bonchev–Trinajstić information content (AvgIpc) is 3.17. The minimum Gasteiger partial charge on any atom is -0.352 e. The molecular formula is C30H37N3O4. The Bertz CT molecular complexity index is 1080. The Kier molecular flexibility index (Phi) is 9.09. The van der Waals surface area contributed by atoms with E-state index in [9.17, 15) is 19.2 Å².